The third kappa shape index (κ3) is 4.33. The van der Waals surface area contributed by atoms with E-state index in [2.05, 4.69) is 0 Å². The van der Waals surface area contributed by atoms with Crippen LogP contribution in [0.1, 0.15) is 18.1 Å². The van der Waals surface area contributed by atoms with Gasteiger partial charge in [-0.3, -0.25) is 0 Å². The molecule has 0 fully saturated rings. The molecule has 0 aliphatic rings. The zero-order valence-corrected chi connectivity index (χ0v) is 10.2. The predicted molar refractivity (Wildman–Crippen MR) is 56.9 cm³/mol. The van der Waals surface area contributed by atoms with Crippen molar-refractivity contribution in [3.05, 3.63) is 29.3 Å². The average molecular weight is 286 g/mol. The van der Waals surface area contributed by atoms with Crippen LogP contribution >= 0.6 is 0 Å². The molecule has 0 saturated heterocycles. The minimum Gasteiger partial charge on any atom is -0.492 e. The molecule has 0 heterocycles. The highest BCUT2D eigenvalue weighted by Gasteiger charge is 2.38. The van der Waals surface area contributed by atoms with Gasteiger partial charge in [0.15, 0.2) is 0 Å². The van der Waals surface area contributed by atoms with Crippen molar-refractivity contribution in [1.82, 2.24) is 0 Å². The molecule has 1 aromatic carbocycles. The number of hydrogen-bond donors (Lipinski definition) is 0. The van der Waals surface area contributed by atoms with E-state index < -0.39 is 36.2 Å². The van der Waals surface area contributed by atoms with Gasteiger partial charge in [-0.15, -0.1) is 0 Å². The topological polar surface area (TPSA) is 9.23 Å². The van der Waals surface area contributed by atoms with E-state index in [-0.39, 0.29) is 0 Å². The number of benzene rings is 1. The third-order valence-corrected chi connectivity index (χ3v) is 2.49. The molecule has 0 amide bonds. The van der Waals surface area contributed by atoms with Crippen molar-refractivity contribution in [2.75, 3.05) is 6.61 Å². The van der Waals surface area contributed by atoms with E-state index in [1.165, 1.54) is 13.0 Å². The molecule has 0 radical (unpaired) electrons. The van der Waals surface area contributed by atoms with E-state index in [0.717, 1.165) is 19.1 Å². The van der Waals surface area contributed by atoms with Crippen molar-refractivity contribution in [3.63, 3.8) is 0 Å². The minimum absolute atomic E-state index is 0.475. The van der Waals surface area contributed by atoms with Gasteiger partial charge in [-0.25, -0.2) is 0 Å². The maximum Gasteiger partial charge on any atom is 0.419 e. The van der Waals surface area contributed by atoms with E-state index in [0.29, 0.717) is 5.56 Å². The van der Waals surface area contributed by atoms with Crippen LogP contribution in [0.15, 0.2) is 18.2 Å². The first-order valence-electron chi connectivity index (χ1n) is 5.39. The molecular formula is C12H12F6O. The largest absolute Gasteiger partial charge is 0.492 e. The van der Waals surface area contributed by atoms with Crippen LogP contribution in [0.25, 0.3) is 0 Å². The lowest BCUT2D eigenvalue weighted by Crippen LogP contribution is -2.26. The zero-order valence-electron chi connectivity index (χ0n) is 10.2. The summed E-state index contributed by atoms with van der Waals surface area (Å²) < 4.78 is 79.4. The summed E-state index contributed by atoms with van der Waals surface area (Å²) in [5.41, 5.74) is -0.602. The maximum absolute atomic E-state index is 12.6. The van der Waals surface area contributed by atoms with Gasteiger partial charge >= 0.3 is 12.4 Å². The Kier molecular flexibility index (Phi) is 4.37. The highest BCUT2D eigenvalue weighted by atomic mass is 19.4. The van der Waals surface area contributed by atoms with Gasteiger partial charge in [-0.1, -0.05) is 13.0 Å². The fourth-order valence-electron chi connectivity index (χ4n) is 1.29. The number of halogens is 6. The van der Waals surface area contributed by atoms with E-state index in [9.17, 15) is 26.3 Å². The summed E-state index contributed by atoms with van der Waals surface area (Å²) in [4.78, 5) is 0. The van der Waals surface area contributed by atoms with E-state index >= 15 is 0 Å². The van der Waals surface area contributed by atoms with Crippen molar-refractivity contribution in [1.29, 1.82) is 0 Å². The first-order chi connectivity index (χ1) is 8.51. The summed E-state index contributed by atoms with van der Waals surface area (Å²) in [5, 5.41) is 0. The molecule has 1 unspecified atom stereocenters. The number of alkyl halides is 6. The van der Waals surface area contributed by atoms with Crippen LogP contribution in [0, 0.1) is 12.8 Å². The molecule has 0 bridgehead atoms. The standard InChI is InChI=1S/C12H12F6O/c1-7-3-4-9(12(16,17)18)10(5-7)19-6-8(2)11(13,14)15/h3-5,8H,6H2,1-2H3. The summed E-state index contributed by atoms with van der Waals surface area (Å²) in [6.45, 7) is 1.53. The Morgan fingerprint density at radius 3 is 2.16 bits per heavy atom. The predicted octanol–water partition coefficient (Wildman–Crippen LogP) is 4.59. The molecule has 19 heavy (non-hydrogen) atoms. The molecule has 7 heteroatoms. The van der Waals surface area contributed by atoms with Gasteiger partial charge in [0.05, 0.1) is 18.1 Å². The molecule has 1 aromatic rings. The minimum atomic E-state index is -4.66. The van der Waals surface area contributed by atoms with Crippen LogP contribution in [-0.4, -0.2) is 12.8 Å². The van der Waals surface area contributed by atoms with E-state index in [1.54, 1.807) is 0 Å². The summed E-state index contributed by atoms with van der Waals surface area (Å²) >= 11 is 0. The molecule has 0 N–H and O–H groups in total. The second-order valence-corrected chi connectivity index (χ2v) is 4.25. The Morgan fingerprint density at radius 1 is 1.11 bits per heavy atom. The Bertz CT molecular complexity index is 435. The zero-order chi connectivity index (χ0) is 14.8. The number of aryl methyl sites for hydroxylation is 1. The lowest BCUT2D eigenvalue weighted by Gasteiger charge is -2.19. The van der Waals surface area contributed by atoms with Crippen molar-refractivity contribution in [2.24, 2.45) is 5.92 Å². The number of ether oxygens (including phenoxy) is 1. The summed E-state index contributed by atoms with van der Waals surface area (Å²) in [6, 6.07) is 3.09. The van der Waals surface area contributed by atoms with E-state index in [1.807, 2.05) is 0 Å². The number of hydrogen-bond acceptors (Lipinski definition) is 1. The molecular weight excluding hydrogens is 274 g/mol. The van der Waals surface area contributed by atoms with Gasteiger partial charge in [0.2, 0.25) is 0 Å². The van der Waals surface area contributed by atoms with Gasteiger partial charge in [-0.2, -0.15) is 26.3 Å². The Morgan fingerprint density at radius 2 is 1.68 bits per heavy atom. The Balaban J connectivity index is 2.92. The van der Waals surface area contributed by atoms with Crippen LogP contribution < -0.4 is 4.74 Å². The molecule has 0 aromatic heterocycles. The van der Waals surface area contributed by atoms with Crippen molar-refractivity contribution in [2.45, 2.75) is 26.2 Å². The Hall–Kier alpha value is -1.40. The smallest absolute Gasteiger partial charge is 0.419 e. The lowest BCUT2D eigenvalue weighted by molar-refractivity contribution is -0.176. The van der Waals surface area contributed by atoms with Crippen molar-refractivity contribution >= 4 is 0 Å². The fourth-order valence-corrected chi connectivity index (χ4v) is 1.29. The summed E-state index contributed by atoms with van der Waals surface area (Å²) in [7, 11) is 0. The van der Waals surface area contributed by atoms with Gasteiger partial charge in [0.1, 0.15) is 5.75 Å². The van der Waals surface area contributed by atoms with Crippen LogP contribution in [0.4, 0.5) is 26.3 Å². The van der Waals surface area contributed by atoms with E-state index in [4.69, 9.17) is 4.74 Å². The van der Waals surface area contributed by atoms with Crippen LogP contribution in [0.3, 0.4) is 0 Å². The quantitative estimate of drug-likeness (QED) is 0.738. The van der Waals surface area contributed by atoms with Gasteiger partial charge in [0.25, 0.3) is 0 Å². The maximum atomic E-state index is 12.6. The average Bonchev–Trinajstić information content (AvgIpc) is 2.22. The molecule has 1 nitrogen and oxygen atoms in total. The highest BCUT2D eigenvalue weighted by molar-refractivity contribution is 5.39. The molecule has 0 spiro atoms. The summed E-state index contributed by atoms with van der Waals surface area (Å²) in [5.74, 6) is -2.42. The highest BCUT2D eigenvalue weighted by Crippen LogP contribution is 2.37. The number of rotatable bonds is 3. The molecule has 1 rings (SSSR count). The van der Waals surface area contributed by atoms with Gasteiger partial charge < -0.3 is 4.74 Å². The molecule has 0 aliphatic heterocycles. The molecule has 108 valence electrons. The van der Waals surface area contributed by atoms with Gasteiger partial charge in [0, 0.05) is 0 Å². The Labute approximate surface area is 106 Å². The normalized spacial score (nSPS) is 14.3. The second kappa shape index (κ2) is 5.30. The van der Waals surface area contributed by atoms with Crippen molar-refractivity contribution in [3.8, 4) is 5.75 Å². The van der Waals surface area contributed by atoms with Crippen LogP contribution in [-0.2, 0) is 6.18 Å². The van der Waals surface area contributed by atoms with Crippen LogP contribution in [0.2, 0.25) is 0 Å². The monoisotopic (exact) mass is 286 g/mol. The first-order valence-corrected chi connectivity index (χ1v) is 5.39. The molecule has 0 aliphatic carbocycles. The van der Waals surface area contributed by atoms with Gasteiger partial charge in [-0.05, 0) is 24.6 Å². The first kappa shape index (κ1) is 15.7. The SMILES string of the molecule is Cc1ccc(C(F)(F)F)c(OCC(C)C(F)(F)F)c1. The third-order valence-electron chi connectivity index (χ3n) is 2.49. The van der Waals surface area contributed by atoms with Crippen molar-refractivity contribution < 1.29 is 31.1 Å². The van der Waals surface area contributed by atoms with Crippen LogP contribution in [0.5, 0.6) is 5.75 Å². The second-order valence-electron chi connectivity index (χ2n) is 4.25. The molecule has 0 saturated carbocycles. The fraction of sp³-hybridized carbons (Fsp3) is 0.500. The summed E-state index contributed by atoms with van der Waals surface area (Å²) in [6.07, 6.45) is -9.16. The lowest BCUT2D eigenvalue weighted by atomic mass is 10.1. The molecule has 1 atom stereocenters.